The van der Waals surface area contributed by atoms with Gasteiger partial charge in [0.2, 0.25) is 0 Å². The lowest BCUT2D eigenvalue weighted by atomic mass is 10.0. The Balaban J connectivity index is 3.36. The second kappa shape index (κ2) is 17.7. The molecule has 0 aromatic rings. The van der Waals surface area contributed by atoms with Crippen LogP contribution in [0.3, 0.4) is 0 Å². The third-order valence-electron chi connectivity index (χ3n) is 4.80. The van der Waals surface area contributed by atoms with Gasteiger partial charge in [-0.1, -0.05) is 96.8 Å². The summed E-state index contributed by atoms with van der Waals surface area (Å²) in [6.45, 7) is 1.83. The number of rotatable bonds is 19. The van der Waals surface area contributed by atoms with Crippen molar-refractivity contribution < 1.29 is 23.9 Å². The van der Waals surface area contributed by atoms with Gasteiger partial charge in [0.15, 0.2) is 5.85 Å². The number of carbonyl (C=O) groups is 1. The fourth-order valence-corrected chi connectivity index (χ4v) is 3.80. The highest BCUT2D eigenvalue weighted by atomic mass is 31.2. The van der Waals surface area contributed by atoms with E-state index in [1.54, 1.807) is 0 Å². The number of nitrogens with two attached hydrogens (primary N) is 1. The third kappa shape index (κ3) is 16.3. The Morgan fingerprint density at radius 2 is 1.22 bits per heavy atom. The van der Waals surface area contributed by atoms with Gasteiger partial charge in [0, 0.05) is 13.0 Å². The normalized spacial score (nSPS) is 14.7. The summed E-state index contributed by atoms with van der Waals surface area (Å²) < 4.78 is 16.0. The van der Waals surface area contributed by atoms with Crippen LogP contribution in [0.1, 0.15) is 110 Å². The average Bonchev–Trinajstić information content (AvgIpc) is 2.63. The second-order valence-electron chi connectivity index (χ2n) is 7.44. The van der Waals surface area contributed by atoms with Gasteiger partial charge in [-0.05, 0) is 6.42 Å². The van der Waals surface area contributed by atoms with E-state index in [-0.39, 0.29) is 6.42 Å². The molecular weight excluding hydrogens is 365 g/mol. The first-order valence-electron chi connectivity index (χ1n) is 10.9. The van der Waals surface area contributed by atoms with E-state index in [1.165, 1.54) is 70.6 Å². The van der Waals surface area contributed by atoms with Crippen molar-refractivity contribution in [2.24, 2.45) is 5.73 Å². The van der Waals surface area contributed by atoms with Crippen LogP contribution < -0.4 is 5.73 Å². The molecular formula is C20H42NO5P. The second-order valence-corrected chi connectivity index (χ2v) is 9.35. The minimum Gasteiger partial charge on any atom is -0.390 e. The zero-order valence-corrected chi connectivity index (χ0v) is 18.1. The molecule has 0 amide bonds. The van der Waals surface area contributed by atoms with Gasteiger partial charge in [-0.25, -0.2) is 4.57 Å². The summed E-state index contributed by atoms with van der Waals surface area (Å²) in [5.41, 5.74) is 5.10. The predicted octanol–water partition coefficient (Wildman–Crippen LogP) is 5.25. The lowest BCUT2D eigenvalue weighted by Gasteiger charge is -2.15. The van der Waals surface area contributed by atoms with Crippen LogP contribution in [-0.2, 0) is 13.9 Å². The van der Waals surface area contributed by atoms with Crippen LogP contribution in [0.15, 0.2) is 0 Å². The average molecular weight is 408 g/mol. The van der Waals surface area contributed by atoms with Crippen LogP contribution in [0, 0.1) is 0 Å². The van der Waals surface area contributed by atoms with Gasteiger partial charge in [-0.15, -0.1) is 0 Å². The molecule has 27 heavy (non-hydrogen) atoms. The van der Waals surface area contributed by atoms with Crippen molar-refractivity contribution in [3.05, 3.63) is 0 Å². The van der Waals surface area contributed by atoms with Crippen LogP contribution in [0.2, 0.25) is 0 Å². The molecule has 2 unspecified atom stereocenters. The summed E-state index contributed by atoms with van der Waals surface area (Å²) in [5, 5.41) is 9.22. The van der Waals surface area contributed by atoms with E-state index in [2.05, 4.69) is 11.4 Å². The lowest BCUT2D eigenvalue weighted by Crippen LogP contribution is -2.22. The molecule has 0 saturated carbocycles. The van der Waals surface area contributed by atoms with Crippen molar-refractivity contribution in [3.8, 4) is 0 Å². The zero-order valence-electron chi connectivity index (χ0n) is 17.2. The summed E-state index contributed by atoms with van der Waals surface area (Å²) >= 11 is 0. The summed E-state index contributed by atoms with van der Waals surface area (Å²) in [6, 6.07) is 0. The Kier molecular flexibility index (Phi) is 17.4. The Morgan fingerprint density at radius 1 is 0.852 bits per heavy atom. The smallest absolute Gasteiger partial charge is 0.390 e. The summed E-state index contributed by atoms with van der Waals surface area (Å²) in [6.07, 6.45) is 18.6. The molecule has 4 N–H and O–H groups in total. The molecule has 0 heterocycles. The third-order valence-corrected chi connectivity index (χ3v) is 6.23. The largest absolute Gasteiger partial charge is 0.408 e. The molecule has 0 bridgehead atoms. The van der Waals surface area contributed by atoms with Crippen molar-refractivity contribution >= 4 is 13.6 Å². The molecule has 0 aromatic carbocycles. The molecule has 0 aliphatic carbocycles. The molecule has 2 atom stereocenters. The summed E-state index contributed by atoms with van der Waals surface area (Å²) in [5.74, 6) is -2.45. The van der Waals surface area contributed by atoms with Crippen molar-refractivity contribution in [3.63, 3.8) is 0 Å². The first-order valence-corrected chi connectivity index (χ1v) is 12.5. The maximum atomic E-state index is 11.5. The fourth-order valence-electron chi connectivity index (χ4n) is 3.03. The lowest BCUT2D eigenvalue weighted by molar-refractivity contribution is -0.135. The van der Waals surface area contributed by atoms with Gasteiger partial charge in [0.05, 0.1) is 0 Å². The van der Waals surface area contributed by atoms with E-state index in [0.29, 0.717) is 6.42 Å². The Labute approximate surface area is 165 Å². The van der Waals surface area contributed by atoms with Gasteiger partial charge in [-0.2, -0.15) is 0 Å². The van der Waals surface area contributed by atoms with E-state index in [0.717, 1.165) is 19.3 Å². The Morgan fingerprint density at radius 3 is 1.59 bits per heavy atom. The molecule has 0 fully saturated rings. The molecule has 0 radical (unpaired) electrons. The minimum atomic E-state index is -4.35. The first-order chi connectivity index (χ1) is 12.9. The van der Waals surface area contributed by atoms with Crippen LogP contribution in [0.25, 0.3) is 0 Å². The van der Waals surface area contributed by atoms with Crippen molar-refractivity contribution in [2.75, 3.05) is 6.54 Å². The zero-order chi connectivity index (χ0) is 20.4. The summed E-state index contributed by atoms with van der Waals surface area (Å²) in [4.78, 5) is 20.9. The maximum absolute atomic E-state index is 11.5. The topological polar surface area (TPSA) is 110 Å². The van der Waals surface area contributed by atoms with Gasteiger partial charge in [0.1, 0.15) is 0 Å². The number of hydrogen-bond acceptors (Lipinski definition) is 5. The van der Waals surface area contributed by atoms with Crippen LogP contribution >= 0.6 is 7.60 Å². The molecule has 0 saturated heterocycles. The predicted molar refractivity (Wildman–Crippen MR) is 111 cm³/mol. The number of carbonyl (C=O) groups excluding carboxylic acids is 1. The standard InChI is InChI=1S/C20H42NO5P/c1-2-3-4-5-6-7-8-9-10-11-12-13-14-15-16-17-19(22)26-27(24,25)20(23)18-21/h20,23H,2-18,21H2,1H3,(H,24,25). The number of hydrogen-bond donors (Lipinski definition) is 3. The van der Waals surface area contributed by atoms with Crippen LogP contribution in [0.5, 0.6) is 0 Å². The SMILES string of the molecule is CCCCCCCCCCCCCCCCCC(=O)OP(=O)(O)C(O)CN. The number of aliphatic hydroxyl groups is 1. The highest BCUT2D eigenvalue weighted by Crippen LogP contribution is 2.46. The van der Waals surface area contributed by atoms with Gasteiger partial charge >= 0.3 is 13.6 Å². The minimum absolute atomic E-state index is 0.0973. The fraction of sp³-hybridized carbons (Fsp3) is 0.950. The first kappa shape index (κ1) is 26.6. The van der Waals surface area contributed by atoms with E-state index in [4.69, 9.17) is 5.73 Å². The van der Waals surface area contributed by atoms with E-state index in [9.17, 15) is 19.4 Å². The monoisotopic (exact) mass is 407 g/mol. The maximum Gasteiger partial charge on any atom is 0.408 e. The van der Waals surface area contributed by atoms with Gasteiger partial charge < -0.3 is 20.3 Å². The summed E-state index contributed by atoms with van der Waals surface area (Å²) in [7, 11) is -4.35. The molecule has 162 valence electrons. The number of unbranched alkanes of at least 4 members (excludes halogenated alkanes) is 14. The molecule has 6 nitrogen and oxygen atoms in total. The van der Waals surface area contributed by atoms with E-state index >= 15 is 0 Å². The molecule has 0 aliphatic rings. The van der Waals surface area contributed by atoms with Gasteiger partial charge in [-0.3, -0.25) is 4.79 Å². The van der Waals surface area contributed by atoms with Crippen molar-refractivity contribution in [2.45, 2.75) is 116 Å². The van der Waals surface area contributed by atoms with Crippen molar-refractivity contribution in [1.82, 2.24) is 0 Å². The van der Waals surface area contributed by atoms with Crippen LogP contribution in [0.4, 0.5) is 0 Å². The molecule has 0 rings (SSSR count). The number of aliphatic hydroxyl groups excluding tert-OH is 1. The molecule has 7 heteroatoms. The van der Waals surface area contributed by atoms with E-state index < -0.39 is 26.0 Å². The van der Waals surface area contributed by atoms with Gasteiger partial charge in [0.25, 0.3) is 0 Å². The van der Waals surface area contributed by atoms with Crippen molar-refractivity contribution in [1.29, 1.82) is 0 Å². The highest BCUT2D eigenvalue weighted by Gasteiger charge is 2.32. The highest BCUT2D eigenvalue weighted by molar-refractivity contribution is 7.53. The Hall–Kier alpha value is -0.420. The van der Waals surface area contributed by atoms with Crippen LogP contribution in [-0.4, -0.2) is 28.4 Å². The molecule has 0 spiro atoms. The molecule has 0 aromatic heterocycles. The molecule has 0 aliphatic heterocycles. The van der Waals surface area contributed by atoms with E-state index in [1.807, 2.05) is 0 Å². The quantitative estimate of drug-likeness (QED) is 0.199. The Bertz CT molecular complexity index is 406.